The summed E-state index contributed by atoms with van der Waals surface area (Å²) in [5.41, 5.74) is -0.746. The number of ether oxygens (including phenoxy) is 2. The maximum Gasteiger partial charge on any atom is 0.226 e. The second-order valence-electron chi connectivity index (χ2n) is 8.02. The van der Waals surface area contributed by atoms with Crippen LogP contribution in [0.25, 0.3) is 16.6 Å². The second kappa shape index (κ2) is 6.28. The van der Waals surface area contributed by atoms with Crippen molar-refractivity contribution in [2.24, 2.45) is 0 Å². The van der Waals surface area contributed by atoms with Gasteiger partial charge in [0.25, 0.3) is 0 Å². The average Bonchev–Trinajstić information content (AvgIpc) is 3.16. The van der Waals surface area contributed by atoms with Gasteiger partial charge >= 0.3 is 0 Å². The van der Waals surface area contributed by atoms with Gasteiger partial charge in [-0.3, -0.25) is 0 Å². The molecule has 1 saturated heterocycles. The fraction of sp³-hybridized carbons (Fsp3) is 0.524. The van der Waals surface area contributed by atoms with E-state index in [1.807, 2.05) is 6.20 Å². The van der Waals surface area contributed by atoms with Crippen LogP contribution in [-0.4, -0.2) is 60.4 Å². The molecule has 0 amide bonds. The molecule has 1 saturated carbocycles. The minimum absolute atomic E-state index is 0.212. The van der Waals surface area contributed by atoms with E-state index in [1.54, 1.807) is 11.7 Å². The Morgan fingerprint density at radius 1 is 1.34 bits per heavy atom. The number of hydrogen-bond acceptors (Lipinski definition) is 7. The van der Waals surface area contributed by atoms with Crippen molar-refractivity contribution in [2.45, 2.75) is 61.7 Å². The lowest BCUT2D eigenvalue weighted by Gasteiger charge is -2.26. The Bertz CT molecular complexity index is 1060. The molecule has 0 aromatic carbocycles. The van der Waals surface area contributed by atoms with Gasteiger partial charge in [0.1, 0.15) is 23.7 Å². The van der Waals surface area contributed by atoms with Gasteiger partial charge in [0, 0.05) is 18.2 Å². The summed E-state index contributed by atoms with van der Waals surface area (Å²) >= 11 is 0. The number of fused-ring (bicyclic) bond motifs is 1. The molecule has 2 aromatic heterocycles. The van der Waals surface area contributed by atoms with Crippen LogP contribution in [0.1, 0.15) is 43.9 Å². The van der Waals surface area contributed by atoms with Gasteiger partial charge in [-0.2, -0.15) is 0 Å². The van der Waals surface area contributed by atoms with Crippen molar-refractivity contribution >= 4 is 16.6 Å². The Labute approximate surface area is 167 Å². The number of aromatic nitrogens is 3. The van der Waals surface area contributed by atoms with E-state index in [1.165, 1.54) is 6.33 Å². The number of terminal acetylenes is 1. The van der Waals surface area contributed by atoms with E-state index in [0.29, 0.717) is 16.9 Å². The molecule has 1 aliphatic heterocycles. The highest BCUT2D eigenvalue weighted by Gasteiger charge is 2.74. The third kappa shape index (κ3) is 2.42. The van der Waals surface area contributed by atoms with E-state index in [9.17, 15) is 15.3 Å². The number of allylic oxidation sites excluding steroid dienone is 2. The van der Waals surface area contributed by atoms with Crippen molar-refractivity contribution < 1.29 is 24.8 Å². The summed E-state index contributed by atoms with van der Waals surface area (Å²) in [7, 11) is 1.54. The van der Waals surface area contributed by atoms with Crippen LogP contribution in [0.2, 0.25) is 0 Å². The zero-order valence-corrected chi connectivity index (χ0v) is 16.1. The third-order valence-electron chi connectivity index (χ3n) is 6.39. The third-order valence-corrected chi connectivity index (χ3v) is 6.39. The van der Waals surface area contributed by atoms with Crippen molar-refractivity contribution in [1.82, 2.24) is 14.5 Å². The molecule has 8 nitrogen and oxygen atoms in total. The SMILES string of the molecule is C#C[C@@]1(O)[C@H](O)C2(CC2O)O[C@H]1n1cc(C2=CCCCC2)c2c(OC)ncnc21. The normalized spacial score (nSPS) is 36.2. The summed E-state index contributed by atoms with van der Waals surface area (Å²) < 4.78 is 13.1. The van der Waals surface area contributed by atoms with Crippen LogP contribution in [0.15, 0.2) is 18.6 Å². The topological polar surface area (TPSA) is 110 Å². The van der Waals surface area contributed by atoms with Crippen LogP contribution in [0.4, 0.5) is 0 Å². The molecule has 0 bridgehead atoms. The summed E-state index contributed by atoms with van der Waals surface area (Å²) in [4.78, 5) is 8.64. The number of methoxy groups -OCH3 is 1. The molecular weight excluding hydrogens is 374 g/mol. The molecule has 0 radical (unpaired) electrons. The molecule has 2 aliphatic carbocycles. The van der Waals surface area contributed by atoms with Gasteiger partial charge < -0.3 is 29.4 Å². The standard InChI is InChI=1S/C21H23N3O5/c1-3-20(27)18(26)21(9-14(21)25)29-19(20)24-10-13(12-7-5-4-6-8-12)15-16(24)22-11-23-17(15)28-2/h1,7,10-11,14,18-19,25-27H,4-6,8-9H2,2H3/t14?,18-,19+,20+,21?/m0/s1. The van der Waals surface area contributed by atoms with Gasteiger partial charge in [-0.1, -0.05) is 12.0 Å². The van der Waals surface area contributed by atoms with E-state index in [2.05, 4.69) is 22.0 Å². The van der Waals surface area contributed by atoms with E-state index >= 15 is 0 Å². The van der Waals surface area contributed by atoms with Gasteiger partial charge in [0.2, 0.25) is 5.88 Å². The summed E-state index contributed by atoms with van der Waals surface area (Å²) in [6.07, 6.45) is 11.9. The monoisotopic (exact) mass is 397 g/mol. The van der Waals surface area contributed by atoms with Crippen molar-refractivity contribution in [3.8, 4) is 18.2 Å². The quantitative estimate of drug-likeness (QED) is 0.667. The maximum atomic E-state index is 11.1. The number of aliphatic hydroxyl groups excluding tert-OH is 2. The predicted molar refractivity (Wildman–Crippen MR) is 104 cm³/mol. The van der Waals surface area contributed by atoms with Crippen LogP contribution in [0.5, 0.6) is 5.88 Å². The van der Waals surface area contributed by atoms with Crippen LogP contribution in [0, 0.1) is 12.3 Å². The lowest BCUT2D eigenvalue weighted by Crippen LogP contribution is -2.46. The molecule has 5 atom stereocenters. The van der Waals surface area contributed by atoms with E-state index in [0.717, 1.165) is 36.8 Å². The zero-order chi connectivity index (χ0) is 20.4. The van der Waals surface area contributed by atoms with Gasteiger partial charge in [0.05, 0.1) is 18.6 Å². The molecule has 2 aromatic rings. The molecule has 29 heavy (non-hydrogen) atoms. The number of nitrogens with zero attached hydrogens (tertiary/aromatic N) is 3. The van der Waals surface area contributed by atoms with Crippen LogP contribution in [-0.2, 0) is 4.74 Å². The molecule has 152 valence electrons. The predicted octanol–water partition coefficient (Wildman–Crippen LogP) is 1.15. The molecule has 5 rings (SSSR count). The zero-order valence-electron chi connectivity index (χ0n) is 16.1. The van der Waals surface area contributed by atoms with Gasteiger partial charge in [-0.15, -0.1) is 6.42 Å². The first kappa shape index (κ1) is 18.6. The van der Waals surface area contributed by atoms with E-state index in [-0.39, 0.29) is 6.42 Å². The molecule has 2 unspecified atom stereocenters. The number of rotatable bonds is 3. The first-order valence-corrected chi connectivity index (χ1v) is 9.79. The molecular formula is C21H23N3O5. The summed E-state index contributed by atoms with van der Waals surface area (Å²) in [5, 5.41) is 32.6. The minimum atomic E-state index is -2.01. The van der Waals surface area contributed by atoms with E-state index in [4.69, 9.17) is 15.9 Å². The average molecular weight is 397 g/mol. The van der Waals surface area contributed by atoms with Crippen LogP contribution < -0.4 is 4.74 Å². The summed E-state index contributed by atoms with van der Waals surface area (Å²) in [6.45, 7) is 0. The molecule has 2 fully saturated rings. The van der Waals surface area contributed by atoms with Crippen LogP contribution >= 0.6 is 0 Å². The highest BCUT2D eigenvalue weighted by Crippen LogP contribution is 2.57. The molecule has 8 heteroatoms. The largest absolute Gasteiger partial charge is 0.480 e. The Morgan fingerprint density at radius 3 is 2.76 bits per heavy atom. The van der Waals surface area contributed by atoms with Crippen molar-refractivity contribution in [3.63, 3.8) is 0 Å². The molecule has 3 N–H and O–H groups in total. The first-order chi connectivity index (χ1) is 14.0. The molecule has 3 aliphatic rings. The van der Waals surface area contributed by atoms with Gasteiger partial charge in [-0.25, -0.2) is 9.97 Å². The number of aliphatic hydroxyl groups is 3. The van der Waals surface area contributed by atoms with Crippen molar-refractivity contribution in [3.05, 3.63) is 24.2 Å². The Morgan fingerprint density at radius 2 is 2.14 bits per heavy atom. The van der Waals surface area contributed by atoms with Gasteiger partial charge in [0.15, 0.2) is 11.8 Å². The Kier molecular flexibility index (Phi) is 4.02. The second-order valence-corrected chi connectivity index (χ2v) is 8.02. The van der Waals surface area contributed by atoms with E-state index < -0.39 is 29.6 Å². The highest BCUT2D eigenvalue weighted by atomic mass is 16.6. The fourth-order valence-electron chi connectivity index (χ4n) is 4.67. The fourth-order valence-corrected chi connectivity index (χ4v) is 4.67. The lowest BCUT2D eigenvalue weighted by molar-refractivity contribution is -0.0768. The number of hydrogen-bond donors (Lipinski definition) is 3. The maximum absolute atomic E-state index is 11.1. The Balaban J connectivity index is 1.72. The van der Waals surface area contributed by atoms with Crippen molar-refractivity contribution in [2.75, 3.05) is 7.11 Å². The molecule has 1 spiro atoms. The highest BCUT2D eigenvalue weighted by molar-refractivity contribution is 5.94. The minimum Gasteiger partial charge on any atom is -0.480 e. The van der Waals surface area contributed by atoms with Crippen LogP contribution in [0.3, 0.4) is 0 Å². The first-order valence-electron chi connectivity index (χ1n) is 9.79. The summed E-state index contributed by atoms with van der Waals surface area (Å²) in [5.74, 6) is 2.71. The Hall–Kier alpha value is -2.44. The lowest BCUT2D eigenvalue weighted by atomic mass is 9.93. The summed E-state index contributed by atoms with van der Waals surface area (Å²) in [6, 6.07) is 0. The smallest absolute Gasteiger partial charge is 0.226 e. The molecule has 3 heterocycles. The van der Waals surface area contributed by atoms with Crippen molar-refractivity contribution in [1.29, 1.82) is 0 Å². The van der Waals surface area contributed by atoms with Gasteiger partial charge in [-0.05, 0) is 31.3 Å².